The summed E-state index contributed by atoms with van der Waals surface area (Å²) in [6.07, 6.45) is 0. The number of aromatic amines is 1. The van der Waals surface area contributed by atoms with Crippen molar-refractivity contribution < 1.29 is 5.21 Å². The number of rotatable bonds is 4. The number of H-pyrrole nitrogens is 1. The molecule has 0 aliphatic heterocycles. The lowest BCUT2D eigenvalue weighted by molar-refractivity contribution is 0.319. The molecule has 0 atom stereocenters. The van der Waals surface area contributed by atoms with Crippen molar-refractivity contribution in [2.24, 2.45) is 5.16 Å². The second kappa shape index (κ2) is 5.79. The molecule has 1 heterocycles. The maximum atomic E-state index is 9.14. The highest BCUT2D eigenvalue weighted by Gasteiger charge is 2.07. The quantitative estimate of drug-likeness (QED) is 0.333. The number of thioether (sulfide) groups is 1. The van der Waals surface area contributed by atoms with E-state index in [9.17, 15) is 0 Å². The molecule has 0 aliphatic carbocycles. The topological polar surface area (TPSA) is 61.3 Å². The molecule has 0 bridgehead atoms. The fraction of sp³-hybridized carbons (Fsp3) is 0.0667. The Morgan fingerprint density at radius 2 is 1.85 bits per heavy atom. The van der Waals surface area contributed by atoms with Crippen LogP contribution in [0, 0.1) is 0 Å². The van der Waals surface area contributed by atoms with Crippen LogP contribution in [0.2, 0.25) is 0 Å². The number of nitrogens with zero attached hydrogens (tertiary/aromatic N) is 2. The minimum absolute atomic E-state index is 0.556. The summed E-state index contributed by atoms with van der Waals surface area (Å²) < 4.78 is 0. The lowest BCUT2D eigenvalue weighted by Crippen LogP contribution is -2.04. The van der Waals surface area contributed by atoms with E-state index >= 15 is 0 Å². The molecule has 1 aromatic heterocycles. The Kier molecular flexibility index (Phi) is 3.69. The van der Waals surface area contributed by atoms with Crippen LogP contribution in [0.3, 0.4) is 0 Å². The van der Waals surface area contributed by atoms with Crippen LogP contribution >= 0.6 is 11.8 Å². The number of nitrogens with one attached hydrogen (secondary N) is 1. The fourth-order valence-electron chi connectivity index (χ4n) is 1.93. The van der Waals surface area contributed by atoms with Crippen LogP contribution in [0.15, 0.2) is 64.9 Å². The molecule has 0 radical (unpaired) electrons. The molecule has 5 heteroatoms. The molecule has 4 nitrogen and oxygen atoms in total. The predicted octanol–water partition coefficient (Wildman–Crippen LogP) is 3.53. The molecule has 0 spiro atoms. The van der Waals surface area contributed by atoms with Gasteiger partial charge in [0.2, 0.25) is 0 Å². The van der Waals surface area contributed by atoms with Gasteiger partial charge in [-0.25, -0.2) is 4.98 Å². The summed E-state index contributed by atoms with van der Waals surface area (Å²) >= 11 is 1.52. The van der Waals surface area contributed by atoms with Crippen LogP contribution in [-0.2, 0) is 0 Å². The fourth-order valence-corrected chi connectivity index (χ4v) is 2.78. The molecule has 0 fully saturated rings. The summed E-state index contributed by atoms with van der Waals surface area (Å²) in [7, 11) is 0. The molecule has 3 rings (SSSR count). The average molecular weight is 283 g/mol. The Balaban J connectivity index is 1.75. The van der Waals surface area contributed by atoms with Crippen molar-refractivity contribution in [1.29, 1.82) is 0 Å². The van der Waals surface area contributed by atoms with Crippen molar-refractivity contribution in [3.63, 3.8) is 0 Å². The van der Waals surface area contributed by atoms with Crippen LogP contribution in [0.25, 0.3) is 11.0 Å². The molecule has 0 saturated carbocycles. The monoisotopic (exact) mass is 283 g/mol. The number of aromatic nitrogens is 2. The second-order valence-electron chi connectivity index (χ2n) is 4.26. The van der Waals surface area contributed by atoms with E-state index in [1.807, 2.05) is 54.6 Å². The van der Waals surface area contributed by atoms with E-state index in [0.717, 1.165) is 21.8 Å². The Hall–Kier alpha value is -2.27. The van der Waals surface area contributed by atoms with Crippen LogP contribution in [0.5, 0.6) is 0 Å². The number of hydrogen-bond acceptors (Lipinski definition) is 4. The first-order valence-corrected chi connectivity index (χ1v) is 7.19. The molecule has 20 heavy (non-hydrogen) atoms. The Morgan fingerprint density at radius 1 is 1.10 bits per heavy atom. The third-order valence-electron chi connectivity index (χ3n) is 2.94. The Bertz CT molecular complexity index is 704. The number of para-hydroxylation sites is 2. The summed E-state index contributed by atoms with van der Waals surface area (Å²) in [5, 5.41) is 13.3. The molecular weight excluding hydrogens is 270 g/mol. The molecule has 0 amide bonds. The third-order valence-corrected chi connectivity index (χ3v) is 3.83. The zero-order valence-corrected chi connectivity index (χ0v) is 11.5. The van der Waals surface area contributed by atoms with E-state index in [-0.39, 0.29) is 0 Å². The van der Waals surface area contributed by atoms with E-state index in [2.05, 4.69) is 15.1 Å². The number of fused-ring (bicyclic) bond motifs is 1. The minimum atomic E-state index is 0.556. The highest BCUT2D eigenvalue weighted by molar-refractivity contribution is 7.99. The zero-order valence-electron chi connectivity index (χ0n) is 10.7. The molecule has 0 aliphatic rings. The molecular formula is C15H13N3OS. The van der Waals surface area contributed by atoms with E-state index in [1.165, 1.54) is 11.8 Å². The number of oxime groups is 1. The van der Waals surface area contributed by atoms with Crippen LogP contribution in [-0.4, -0.2) is 26.6 Å². The summed E-state index contributed by atoms with van der Waals surface area (Å²) in [6, 6.07) is 17.5. The Morgan fingerprint density at radius 3 is 2.60 bits per heavy atom. The van der Waals surface area contributed by atoms with Gasteiger partial charge in [0.25, 0.3) is 0 Å². The summed E-state index contributed by atoms with van der Waals surface area (Å²) in [5.74, 6) is 0.556. The van der Waals surface area contributed by atoms with Crippen molar-refractivity contribution in [2.45, 2.75) is 5.16 Å². The van der Waals surface area contributed by atoms with Gasteiger partial charge in [0.05, 0.1) is 16.7 Å². The van der Waals surface area contributed by atoms with Gasteiger partial charge in [0.15, 0.2) is 5.16 Å². The number of imidazole rings is 1. The molecule has 2 N–H and O–H groups in total. The molecule has 2 aromatic carbocycles. The predicted molar refractivity (Wildman–Crippen MR) is 81.6 cm³/mol. The van der Waals surface area contributed by atoms with E-state index in [4.69, 9.17) is 5.21 Å². The Labute approximate surface area is 120 Å². The van der Waals surface area contributed by atoms with Crippen molar-refractivity contribution in [2.75, 3.05) is 5.75 Å². The minimum Gasteiger partial charge on any atom is -0.411 e. The normalized spacial score (nSPS) is 11.9. The van der Waals surface area contributed by atoms with Gasteiger partial charge in [-0.2, -0.15) is 0 Å². The van der Waals surface area contributed by atoms with Gasteiger partial charge in [-0.1, -0.05) is 59.4 Å². The van der Waals surface area contributed by atoms with Crippen molar-refractivity contribution in [3.8, 4) is 0 Å². The first-order valence-electron chi connectivity index (χ1n) is 6.21. The van der Waals surface area contributed by atoms with E-state index < -0.39 is 0 Å². The highest BCUT2D eigenvalue weighted by atomic mass is 32.2. The summed E-state index contributed by atoms with van der Waals surface area (Å²) in [4.78, 5) is 7.73. The van der Waals surface area contributed by atoms with Crippen molar-refractivity contribution in [3.05, 3.63) is 60.2 Å². The van der Waals surface area contributed by atoms with Gasteiger partial charge in [-0.15, -0.1) is 0 Å². The van der Waals surface area contributed by atoms with Crippen LogP contribution in [0.1, 0.15) is 5.56 Å². The standard InChI is InChI=1S/C15H13N3OS/c19-18-14(11-6-2-1-3-7-11)10-20-15-16-12-8-4-5-9-13(12)17-15/h1-9,19H,10H2,(H,16,17)/b18-14+. The largest absolute Gasteiger partial charge is 0.411 e. The first kappa shape index (κ1) is 12.7. The zero-order chi connectivity index (χ0) is 13.8. The first-order chi connectivity index (χ1) is 9.86. The van der Waals surface area contributed by atoms with Crippen LogP contribution < -0.4 is 0 Å². The van der Waals surface area contributed by atoms with Gasteiger partial charge in [0, 0.05) is 11.3 Å². The van der Waals surface area contributed by atoms with Gasteiger partial charge < -0.3 is 10.2 Å². The molecule has 100 valence electrons. The van der Waals surface area contributed by atoms with E-state index in [0.29, 0.717) is 11.5 Å². The van der Waals surface area contributed by atoms with Crippen molar-refractivity contribution in [1.82, 2.24) is 9.97 Å². The lowest BCUT2D eigenvalue weighted by Gasteiger charge is -2.02. The van der Waals surface area contributed by atoms with Gasteiger partial charge in [-0.3, -0.25) is 0 Å². The smallest absolute Gasteiger partial charge is 0.166 e. The molecule has 3 aromatic rings. The SMILES string of the molecule is O/N=C(\CSc1nc2ccccc2[nH]1)c1ccccc1. The van der Waals surface area contributed by atoms with Gasteiger partial charge in [-0.05, 0) is 12.1 Å². The summed E-state index contributed by atoms with van der Waals surface area (Å²) in [6.45, 7) is 0. The van der Waals surface area contributed by atoms with Gasteiger partial charge >= 0.3 is 0 Å². The molecule has 0 unspecified atom stereocenters. The highest BCUT2D eigenvalue weighted by Crippen LogP contribution is 2.20. The maximum Gasteiger partial charge on any atom is 0.166 e. The van der Waals surface area contributed by atoms with E-state index in [1.54, 1.807) is 0 Å². The third kappa shape index (κ3) is 2.67. The number of hydrogen-bond donors (Lipinski definition) is 2. The average Bonchev–Trinajstić information content (AvgIpc) is 2.92. The van der Waals surface area contributed by atoms with Crippen LogP contribution in [0.4, 0.5) is 0 Å². The summed E-state index contributed by atoms with van der Waals surface area (Å²) in [5.41, 5.74) is 3.50. The van der Waals surface area contributed by atoms with Crippen molar-refractivity contribution >= 4 is 28.5 Å². The second-order valence-corrected chi connectivity index (χ2v) is 5.22. The lowest BCUT2D eigenvalue weighted by atomic mass is 10.1. The van der Waals surface area contributed by atoms with Gasteiger partial charge in [0.1, 0.15) is 0 Å². The maximum absolute atomic E-state index is 9.14. The number of benzene rings is 2. The molecule has 0 saturated heterocycles.